The van der Waals surface area contributed by atoms with Gasteiger partial charge in [-0.15, -0.1) is 12.4 Å². The van der Waals surface area contributed by atoms with E-state index in [-0.39, 0.29) is 29.5 Å². The van der Waals surface area contributed by atoms with E-state index in [4.69, 9.17) is 4.74 Å². The Morgan fingerprint density at radius 2 is 2.11 bits per heavy atom. The number of thiazole rings is 1. The molecule has 1 saturated heterocycles. The number of amides is 1. The van der Waals surface area contributed by atoms with Gasteiger partial charge in [0, 0.05) is 38.6 Å². The molecule has 3 heterocycles. The van der Waals surface area contributed by atoms with Crippen molar-refractivity contribution in [3.8, 4) is 0 Å². The molecule has 2 aromatic heterocycles. The number of benzene rings is 1. The van der Waals surface area contributed by atoms with Gasteiger partial charge < -0.3 is 4.74 Å². The van der Waals surface area contributed by atoms with Gasteiger partial charge in [-0.1, -0.05) is 17.4 Å². The van der Waals surface area contributed by atoms with Crippen LogP contribution in [0.25, 0.3) is 10.2 Å². The zero-order valence-electron chi connectivity index (χ0n) is 15.0. The highest BCUT2D eigenvalue weighted by Gasteiger charge is 2.24. The minimum Gasteiger partial charge on any atom is -0.379 e. The fraction of sp³-hybridized carbons (Fsp3) is 0.333. The number of aromatic nitrogens is 3. The lowest BCUT2D eigenvalue weighted by molar-refractivity contribution is 0.0391. The van der Waals surface area contributed by atoms with E-state index < -0.39 is 5.82 Å². The first-order valence-corrected chi connectivity index (χ1v) is 9.47. The molecular formula is C18H19ClFN5O2S. The monoisotopic (exact) mass is 423 g/mol. The van der Waals surface area contributed by atoms with E-state index >= 15 is 0 Å². The van der Waals surface area contributed by atoms with Crippen molar-refractivity contribution in [2.75, 3.05) is 44.3 Å². The number of nitrogens with zero attached hydrogens (tertiary/aromatic N) is 5. The molecule has 0 aliphatic carbocycles. The Morgan fingerprint density at radius 3 is 2.82 bits per heavy atom. The van der Waals surface area contributed by atoms with Gasteiger partial charge in [0.05, 0.1) is 24.1 Å². The van der Waals surface area contributed by atoms with Crippen LogP contribution < -0.4 is 4.90 Å². The van der Waals surface area contributed by atoms with E-state index in [0.29, 0.717) is 36.1 Å². The van der Waals surface area contributed by atoms with E-state index in [0.717, 1.165) is 13.1 Å². The summed E-state index contributed by atoms with van der Waals surface area (Å²) in [5, 5.41) is 0.457. The molecule has 0 saturated carbocycles. The number of carbonyl (C=O) groups excluding carboxylic acids is 1. The third-order valence-corrected chi connectivity index (χ3v) is 5.40. The van der Waals surface area contributed by atoms with Crippen LogP contribution in [0.15, 0.2) is 36.8 Å². The number of hydrogen-bond acceptors (Lipinski definition) is 7. The third-order valence-electron chi connectivity index (χ3n) is 4.36. The van der Waals surface area contributed by atoms with Crippen molar-refractivity contribution < 1.29 is 13.9 Å². The maximum Gasteiger partial charge on any atom is 0.280 e. The Labute approximate surface area is 171 Å². The van der Waals surface area contributed by atoms with Crippen LogP contribution in [0.1, 0.15) is 10.5 Å². The van der Waals surface area contributed by atoms with Crippen molar-refractivity contribution in [2.45, 2.75) is 0 Å². The number of ether oxygens (including phenoxy) is 1. The highest BCUT2D eigenvalue weighted by molar-refractivity contribution is 7.22. The Kier molecular flexibility index (Phi) is 6.84. The van der Waals surface area contributed by atoms with Crippen LogP contribution in [0.5, 0.6) is 0 Å². The summed E-state index contributed by atoms with van der Waals surface area (Å²) in [4.78, 5) is 29.3. The molecular weight excluding hydrogens is 405 g/mol. The van der Waals surface area contributed by atoms with Crippen molar-refractivity contribution in [3.63, 3.8) is 0 Å². The quantitative estimate of drug-likeness (QED) is 0.628. The summed E-state index contributed by atoms with van der Waals surface area (Å²) in [6, 6.07) is 4.81. The van der Waals surface area contributed by atoms with Gasteiger partial charge in [0.1, 0.15) is 17.0 Å². The molecule has 1 amide bonds. The molecule has 0 atom stereocenters. The van der Waals surface area contributed by atoms with Crippen molar-refractivity contribution in [3.05, 3.63) is 48.3 Å². The van der Waals surface area contributed by atoms with Gasteiger partial charge in [-0.3, -0.25) is 19.6 Å². The molecule has 1 aromatic carbocycles. The summed E-state index contributed by atoms with van der Waals surface area (Å²) in [7, 11) is 0. The molecule has 1 aliphatic rings. The van der Waals surface area contributed by atoms with Crippen molar-refractivity contribution in [1.82, 2.24) is 19.9 Å². The zero-order chi connectivity index (χ0) is 18.6. The van der Waals surface area contributed by atoms with Gasteiger partial charge in [0.2, 0.25) is 0 Å². The van der Waals surface area contributed by atoms with Gasteiger partial charge in [-0.25, -0.2) is 14.4 Å². The SMILES string of the molecule is Cl.O=C(c1cnccn1)N(CCN1CCOCC1)c1nc2c(F)cccc2s1. The summed E-state index contributed by atoms with van der Waals surface area (Å²) >= 11 is 1.29. The summed E-state index contributed by atoms with van der Waals surface area (Å²) in [6.45, 7) is 4.11. The second kappa shape index (κ2) is 9.33. The summed E-state index contributed by atoms with van der Waals surface area (Å²) < 4.78 is 20.1. The number of carbonyl (C=O) groups is 1. The molecule has 10 heteroatoms. The summed E-state index contributed by atoms with van der Waals surface area (Å²) in [5.41, 5.74) is 0.514. The van der Waals surface area contributed by atoms with Crippen molar-refractivity contribution in [1.29, 1.82) is 0 Å². The lowest BCUT2D eigenvalue weighted by Gasteiger charge is -2.29. The maximum absolute atomic E-state index is 14.1. The molecule has 0 unspecified atom stereocenters. The lowest BCUT2D eigenvalue weighted by atomic mass is 10.3. The van der Waals surface area contributed by atoms with E-state index in [2.05, 4.69) is 19.9 Å². The largest absolute Gasteiger partial charge is 0.379 e. The Morgan fingerprint density at radius 1 is 1.29 bits per heavy atom. The number of rotatable bonds is 5. The molecule has 1 fully saturated rings. The topological polar surface area (TPSA) is 71.5 Å². The van der Waals surface area contributed by atoms with Gasteiger partial charge in [0.25, 0.3) is 5.91 Å². The molecule has 0 N–H and O–H groups in total. The molecule has 7 nitrogen and oxygen atoms in total. The first kappa shape index (κ1) is 20.5. The molecule has 1 aliphatic heterocycles. The van der Waals surface area contributed by atoms with Crippen LogP contribution in [0.2, 0.25) is 0 Å². The van der Waals surface area contributed by atoms with Crippen LogP contribution in [0, 0.1) is 5.82 Å². The number of para-hydroxylation sites is 1. The lowest BCUT2D eigenvalue weighted by Crippen LogP contribution is -2.43. The van der Waals surface area contributed by atoms with Crippen LogP contribution in [-0.2, 0) is 4.74 Å². The first-order chi connectivity index (χ1) is 13.2. The van der Waals surface area contributed by atoms with Crippen LogP contribution >= 0.6 is 23.7 Å². The van der Waals surface area contributed by atoms with Gasteiger partial charge in [-0.2, -0.15) is 0 Å². The van der Waals surface area contributed by atoms with Crippen LogP contribution in [0.3, 0.4) is 0 Å². The highest BCUT2D eigenvalue weighted by Crippen LogP contribution is 2.30. The third kappa shape index (κ3) is 4.44. The molecule has 4 rings (SSSR count). The average molecular weight is 424 g/mol. The number of anilines is 1. The van der Waals surface area contributed by atoms with Crippen molar-refractivity contribution in [2.24, 2.45) is 0 Å². The fourth-order valence-electron chi connectivity index (χ4n) is 2.92. The number of morpholine rings is 1. The predicted molar refractivity (Wildman–Crippen MR) is 108 cm³/mol. The zero-order valence-corrected chi connectivity index (χ0v) is 16.6. The van der Waals surface area contributed by atoms with E-state index in [9.17, 15) is 9.18 Å². The fourth-order valence-corrected chi connectivity index (χ4v) is 3.92. The van der Waals surface area contributed by atoms with Gasteiger partial charge in [0.15, 0.2) is 5.13 Å². The number of hydrogen-bond donors (Lipinski definition) is 0. The molecule has 0 radical (unpaired) electrons. The number of halogens is 2. The van der Waals surface area contributed by atoms with Crippen LogP contribution in [-0.4, -0.2) is 65.2 Å². The highest BCUT2D eigenvalue weighted by atomic mass is 35.5. The number of fused-ring (bicyclic) bond motifs is 1. The summed E-state index contributed by atoms with van der Waals surface area (Å²) in [5.74, 6) is -0.689. The molecule has 3 aromatic rings. The second-order valence-corrected chi connectivity index (χ2v) is 7.09. The minimum absolute atomic E-state index is 0. The maximum atomic E-state index is 14.1. The molecule has 148 valence electrons. The van der Waals surface area contributed by atoms with E-state index in [1.165, 1.54) is 36.0 Å². The van der Waals surface area contributed by atoms with Crippen molar-refractivity contribution >= 4 is 45.0 Å². The summed E-state index contributed by atoms with van der Waals surface area (Å²) in [6.07, 6.45) is 4.42. The van der Waals surface area contributed by atoms with E-state index in [1.54, 1.807) is 17.0 Å². The Hall–Kier alpha value is -2.20. The minimum atomic E-state index is -0.393. The second-order valence-electron chi connectivity index (χ2n) is 6.08. The predicted octanol–water partition coefficient (Wildman–Crippen LogP) is 2.63. The standard InChI is InChI=1S/C18H18FN5O2S.ClH/c19-13-2-1-3-15-16(13)22-18(27-15)24(7-6-23-8-10-26-11-9-23)17(25)14-12-20-4-5-21-14;/h1-5,12H,6-11H2;1H. The first-order valence-electron chi connectivity index (χ1n) is 8.65. The molecule has 0 spiro atoms. The van der Waals surface area contributed by atoms with Gasteiger partial charge >= 0.3 is 0 Å². The molecule has 0 bridgehead atoms. The Bertz CT molecular complexity index is 936. The van der Waals surface area contributed by atoms with Gasteiger partial charge in [-0.05, 0) is 12.1 Å². The normalized spacial score (nSPS) is 14.6. The Balaban J connectivity index is 0.00000225. The van der Waals surface area contributed by atoms with Crippen LogP contribution in [0.4, 0.5) is 9.52 Å². The van der Waals surface area contributed by atoms with E-state index in [1.807, 2.05) is 0 Å². The smallest absolute Gasteiger partial charge is 0.280 e. The molecule has 28 heavy (non-hydrogen) atoms. The average Bonchev–Trinajstić information content (AvgIpc) is 3.15.